The van der Waals surface area contributed by atoms with E-state index in [4.69, 9.17) is 5.73 Å². The number of nitrogens with zero attached hydrogens (tertiary/aromatic N) is 1. The quantitative estimate of drug-likeness (QED) is 0.781. The second-order valence-electron chi connectivity index (χ2n) is 4.17. The number of fused-ring (bicyclic) bond motifs is 1. The first-order chi connectivity index (χ1) is 9.20. The van der Waals surface area contributed by atoms with Crippen molar-refractivity contribution in [3.63, 3.8) is 0 Å². The van der Waals surface area contributed by atoms with Gasteiger partial charge in [-0.05, 0) is 30.3 Å². The Balaban J connectivity index is 2.24. The fourth-order valence-corrected chi connectivity index (χ4v) is 2.98. The van der Waals surface area contributed by atoms with Crippen LogP contribution in [0, 0.1) is 5.82 Å². The van der Waals surface area contributed by atoms with Gasteiger partial charge in [-0.2, -0.15) is 0 Å². The van der Waals surface area contributed by atoms with Gasteiger partial charge < -0.3 is 5.73 Å². The van der Waals surface area contributed by atoms with Gasteiger partial charge in [0.05, 0.1) is 15.8 Å². The van der Waals surface area contributed by atoms with Gasteiger partial charge in [0.2, 0.25) is 0 Å². The Kier molecular flexibility index (Phi) is 2.93. The van der Waals surface area contributed by atoms with Gasteiger partial charge in [0.1, 0.15) is 5.82 Å². The molecule has 0 saturated heterocycles. The zero-order valence-corrected chi connectivity index (χ0v) is 10.8. The minimum absolute atomic E-state index is 0.0878. The highest BCUT2D eigenvalue weighted by Gasteiger charge is 2.10. The number of aromatic nitrogens is 1. The molecular formula is C14H11FN2OS. The third-order valence-electron chi connectivity index (χ3n) is 2.98. The molecule has 1 heterocycles. The van der Waals surface area contributed by atoms with E-state index >= 15 is 0 Å². The van der Waals surface area contributed by atoms with Crippen molar-refractivity contribution in [1.29, 1.82) is 0 Å². The average Bonchev–Trinajstić information content (AvgIpc) is 2.77. The Morgan fingerprint density at radius 1 is 1.21 bits per heavy atom. The highest BCUT2D eigenvalue weighted by molar-refractivity contribution is 7.14. The second kappa shape index (κ2) is 4.60. The SMILES string of the molecule is NCc1cc(-n2sc3ccccc3c2=O)ccc1F. The smallest absolute Gasteiger partial charge is 0.273 e. The minimum Gasteiger partial charge on any atom is -0.326 e. The molecule has 0 atom stereocenters. The maximum absolute atomic E-state index is 13.4. The van der Waals surface area contributed by atoms with Crippen molar-refractivity contribution in [2.24, 2.45) is 5.73 Å². The van der Waals surface area contributed by atoms with Gasteiger partial charge in [-0.3, -0.25) is 4.79 Å². The first-order valence-electron chi connectivity index (χ1n) is 5.80. The van der Waals surface area contributed by atoms with Crippen LogP contribution in [0.4, 0.5) is 4.39 Å². The van der Waals surface area contributed by atoms with E-state index in [1.165, 1.54) is 17.6 Å². The van der Waals surface area contributed by atoms with E-state index in [2.05, 4.69) is 0 Å². The number of halogens is 1. The van der Waals surface area contributed by atoms with Crippen molar-refractivity contribution >= 4 is 21.6 Å². The highest BCUT2D eigenvalue weighted by atomic mass is 32.1. The summed E-state index contributed by atoms with van der Waals surface area (Å²) in [7, 11) is 0. The van der Waals surface area contributed by atoms with Gasteiger partial charge in [-0.15, -0.1) is 0 Å². The van der Waals surface area contributed by atoms with Gasteiger partial charge in [-0.25, -0.2) is 8.35 Å². The lowest BCUT2D eigenvalue weighted by Gasteiger charge is -2.04. The lowest BCUT2D eigenvalue weighted by Crippen LogP contribution is -2.11. The van der Waals surface area contributed by atoms with E-state index in [-0.39, 0.29) is 17.9 Å². The summed E-state index contributed by atoms with van der Waals surface area (Å²) in [5.74, 6) is -0.347. The fourth-order valence-electron chi connectivity index (χ4n) is 1.99. The van der Waals surface area contributed by atoms with Crippen LogP contribution >= 0.6 is 11.5 Å². The van der Waals surface area contributed by atoms with Gasteiger partial charge in [0.25, 0.3) is 5.56 Å². The molecule has 0 fully saturated rings. The number of hydrogen-bond acceptors (Lipinski definition) is 3. The Morgan fingerprint density at radius 2 is 2.00 bits per heavy atom. The molecule has 19 heavy (non-hydrogen) atoms. The first-order valence-corrected chi connectivity index (χ1v) is 6.58. The first kappa shape index (κ1) is 12.1. The average molecular weight is 274 g/mol. The molecule has 0 amide bonds. The van der Waals surface area contributed by atoms with E-state index in [9.17, 15) is 9.18 Å². The Bertz CT molecular complexity index is 807. The standard InChI is InChI=1S/C14H11FN2OS/c15-12-6-5-10(7-9(12)8-16)17-14(18)11-3-1-2-4-13(11)19-17/h1-7H,8,16H2. The summed E-state index contributed by atoms with van der Waals surface area (Å²) in [6, 6.07) is 11.9. The summed E-state index contributed by atoms with van der Waals surface area (Å²) in [6.07, 6.45) is 0. The molecule has 3 aromatic rings. The number of nitrogens with two attached hydrogens (primary N) is 1. The summed E-state index contributed by atoms with van der Waals surface area (Å²) in [5, 5.41) is 0.672. The van der Waals surface area contributed by atoms with E-state index in [1.807, 2.05) is 18.2 Å². The summed E-state index contributed by atoms with van der Waals surface area (Å²) in [6.45, 7) is 0.110. The molecule has 0 spiro atoms. The number of rotatable bonds is 2. The van der Waals surface area contributed by atoms with Crippen molar-refractivity contribution in [2.45, 2.75) is 6.54 Å². The normalized spacial score (nSPS) is 11.1. The Morgan fingerprint density at radius 3 is 2.74 bits per heavy atom. The van der Waals surface area contributed by atoms with Crippen molar-refractivity contribution in [2.75, 3.05) is 0 Å². The molecule has 5 heteroatoms. The van der Waals surface area contributed by atoms with E-state index in [0.717, 1.165) is 4.70 Å². The van der Waals surface area contributed by atoms with Crippen LogP contribution in [0.5, 0.6) is 0 Å². The zero-order valence-electron chi connectivity index (χ0n) is 9.97. The van der Waals surface area contributed by atoms with Crippen LogP contribution in [0.2, 0.25) is 0 Å². The minimum atomic E-state index is -0.347. The van der Waals surface area contributed by atoms with Crippen LogP contribution in [0.15, 0.2) is 47.3 Å². The molecule has 2 aromatic carbocycles. The number of benzene rings is 2. The molecule has 0 bridgehead atoms. The highest BCUT2D eigenvalue weighted by Crippen LogP contribution is 2.21. The zero-order chi connectivity index (χ0) is 13.4. The molecule has 1 aromatic heterocycles. The van der Waals surface area contributed by atoms with Crippen molar-refractivity contribution in [1.82, 2.24) is 3.96 Å². The van der Waals surface area contributed by atoms with Crippen molar-refractivity contribution in [3.8, 4) is 5.69 Å². The lowest BCUT2D eigenvalue weighted by molar-refractivity contribution is 0.610. The van der Waals surface area contributed by atoms with E-state index < -0.39 is 0 Å². The van der Waals surface area contributed by atoms with Crippen molar-refractivity contribution in [3.05, 3.63) is 64.2 Å². The van der Waals surface area contributed by atoms with Crippen LogP contribution in [-0.2, 0) is 6.54 Å². The van der Waals surface area contributed by atoms with Crippen molar-refractivity contribution < 1.29 is 4.39 Å². The van der Waals surface area contributed by atoms with E-state index in [1.54, 1.807) is 22.2 Å². The third-order valence-corrected chi connectivity index (χ3v) is 4.09. The van der Waals surface area contributed by atoms with Crippen LogP contribution in [-0.4, -0.2) is 3.96 Å². The van der Waals surface area contributed by atoms with Crippen LogP contribution in [0.25, 0.3) is 15.8 Å². The molecule has 0 aliphatic carbocycles. The maximum Gasteiger partial charge on any atom is 0.273 e. The number of hydrogen-bond donors (Lipinski definition) is 1. The van der Waals surface area contributed by atoms with Gasteiger partial charge >= 0.3 is 0 Å². The fraction of sp³-hybridized carbons (Fsp3) is 0.0714. The molecule has 0 aliphatic heterocycles. The predicted octanol–water partition coefficient (Wildman–Crippen LogP) is 2.65. The second-order valence-corrected chi connectivity index (χ2v) is 5.15. The van der Waals surface area contributed by atoms with Gasteiger partial charge in [0.15, 0.2) is 0 Å². The Hall–Kier alpha value is -1.98. The summed E-state index contributed by atoms with van der Waals surface area (Å²) in [4.78, 5) is 12.3. The van der Waals surface area contributed by atoms with Crippen LogP contribution < -0.4 is 11.3 Å². The topological polar surface area (TPSA) is 48.0 Å². The molecule has 0 aliphatic rings. The Labute approximate surface area is 112 Å². The van der Waals surface area contributed by atoms with Crippen LogP contribution in [0.1, 0.15) is 5.56 Å². The molecule has 0 unspecified atom stereocenters. The van der Waals surface area contributed by atoms with E-state index in [0.29, 0.717) is 16.6 Å². The summed E-state index contributed by atoms with van der Waals surface area (Å²) in [5.41, 5.74) is 6.45. The molecule has 3 rings (SSSR count). The third kappa shape index (κ3) is 1.97. The molecule has 96 valence electrons. The monoisotopic (exact) mass is 274 g/mol. The molecule has 0 radical (unpaired) electrons. The lowest BCUT2D eigenvalue weighted by atomic mass is 10.2. The predicted molar refractivity (Wildman–Crippen MR) is 75.3 cm³/mol. The molecular weight excluding hydrogens is 263 g/mol. The molecule has 2 N–H and O–H groups in total. The van der Waals surface area contributed by atoms with Crippen LogP contribution in [0.3, 0.4) is 0 Å². The maximum atomic E-state index is 13.4. The largest absolute Gasteiger partial charge is 0.326 e. The molecule has 3 nitrogen and oxygen atoms in total. The summed E-state index contributed by atoms with van der Waals surface area (Å²) >= 11 is 1.34. The molecule has 0 saturated carbocycles. The summed E-state index contributed by atoms with van der Waals surface area (Å²) < 4.78 is 15.9. The van der Waals surface area contributed by atoms with Gasteiger partial charge in [0, 0.05) is 12.1 Å². The van der Waals surface area contributed by atoms with Gasteiger partial charge in [-0.1, -0.05) is 23.7 Å².